The van der Waals surface area contributed by atoms with Gasteiger partial charge in [0.2, 0.25) is 0 Å². The number of rotatable bonds is 9. The normalized spacial score (nSPS) is 16.3. The number of hydrogen-bond donors (Lipinski definition) is 0. The maximum atomic E-state index is 6.36. The zero-order valence-electron chi connectivity index (χ0n) is 15.6. The highest BCUT2D eigenvalue weighted by atomic mass is 28.5. The topological polar surface area (TPSA) is 46.2 Å². The summed E-state index contributed by atoms with van der Waals surface area (Å²) in [6.07, 6.45) is 0. The van der Waals surface area contributed by atoms with Crippen LogP contribution < -0.4 is 0 Å². The van der Waals surface area contributed by atoms with E-state index in [2.05, 4.69) is 58.9 Å². The molecule has 0 rings (SSSR count). The molecule has 0 amide bonds. The lowest BCUT2D eigenvalue weighted by atomic mass is 11.8. The van der Waals surface area contributed by atoms with Gasteiger partial charge in [-0.25, -0.2) is 0 Å². The van der Waals surface area contributed by atoms with E-state index in [0.717, 1.165) is 10.5 Å². The lowest BCUT2D eigenvalue weighted by Crippen LogP contribution is -2.57. The molecule has 21 heavy (non-hydrogen) atoms. The van der Waals surface area contributed by atoms with Gasteiger partial charge in [-0.1, -0.05) is 0 Å². The van der Waals surface area contributed by atoms with Gasteiger partial charge in [0, 0.05) is 0 Å². The van der Waals surface area contributed by atoms with Crippen molar-refractivity contribution in [3.8, 4) is 0 Å². The molecule has 128 valence electrons. The molecule has 0 radical (unpaired) electrons. The summed E-state index contributed by atoms with van der Waals surface area (Å²) in [7, 11) is -9.08. The van der Waals surface area contributed by atoms with Crippen molar-refractivity contribution in [3.05, 3.63) is 0 Å². The zero-order valence-corrected chi connectivity index (χ0v) is 22.8. The van der Waals surface area contributed by atoms with Crippen molar-refractivity contribution in [1.82, 2.24) is 0 Å². The second-order valence-corrected chi connectivity index (χ2v) is 26.6. The van der Waals surface area contributed by atoms with Gasteiger partial charge < -0.3 is 20.6 Å². The lowest BCUT2D eigenvalue weighted by molar-refractivity contribution is 0.292. The van der Waals surface area contributed by atoms with Crippen LogP contribution in [0.2, 0.25) is 65.5 Å². The fraction of sp³-hybridized carbons (Fsp3) is 1.00. The van der Waals surface area contributed by atoms with Gasteiger partial charge in [-0.15, -0.1) is 0 Å². The van der Waals surface area contributed by atoms with Gasteiger partial charge in [0.05, 0.1) is 0 Å². The van der Waals surface area contributed by atoms with E-state index in [1.807, 2.05) is 6.55 Å². The number of hydrogen-bond acceptors (Lipinski definition) is 5. The molecule has 0 fully saturated rings. The lowest BCUT2D eigenvalue weighted by Gasteiger charge is -2.40. The van der Waals surface area contributed by atoms with Crippen molar-refractivity contribution in [2.45, 2.75) is 65.5 Å². The molecule has 0 aliphatic rings. The van der Waals surface area contributed by atoms with Gasteiger partial charge in [0.15, 0.2) is 8.32 Å². The first kappa shape index (κ1) is 22.1. The van der Waals surface area contributed by atoms with Crippen molar-refractivity contribution in [2.24, 2.45) is 0 Å². The molecular weight excluding hydrogens is 369 g/mol. The molecule has 0 aliphatic carbocycles. The molecule has 0 bridgehead atoms. The van der Waals surface area contributed by atoms with Crippen LogP contribution in [-0.2, 0) is 20.6 Å². The Morgan fingerprint density at radius 2 is 1.05 bits per heavy atom. The standard InChI is InChI=1S/C10H34O5Si6/c1-17(11-16)12-19(5,6)14-21(9,10)15-20(7,8)13-18(2,3)4/h17H,1-10,16H3. The Kier molecular flexibility index (Phi) is 8.19. The van der Waals surface area contributed by atoms with E-state index in [-0.39, 0.29) is 0 Å². The van der Waals surface area contributed by atoms with Crippen LogP contribution in [0.25, 0.3) is 0 Å². The van der Waals surface area contributed by atoms with Gasteiger partial charge in [-0.05, 0) is 65.5 Å². The zero-order chi connectivity index (χ0) is 17.1. The summed E-state index contributed by atoms with van der Waals surface area (Å²) < 4.78 is 30.4. The van der Waals surface area contributed by atoms with E-state index in [9.17, 15) is 0 Å². The van der Waals surface area contributed by atoms with Crippen LogP contribution >= 0.6 is 0 Å². The molecule has 0 heterocycles. The fourth-order valence-electron chi connectivity index (χ4n) is 2.43. The third kappa shape index (κ3) is 11.3. The predicted octanol–water partition coefficient (Wildman–Crippen LogP) is 2.14. The van der Waals surface area contributed by atoms with Gasteiger partial charge in [-0.3, -0.25) is 0 Å². The molecule has 0 aromatic rings. The first-order valence-corrected chi connectivity index (χ1v) is 22.2. The van der Waals surface area contributed by atoms with Crippen LogP contribution in [0.5, 0.6) is 0 Å². The molecular formula is C10H34O5Si6. The molecule has 0 aromatic carbocycles. The third-order valence-electron chi connectivity index (χ3n) is 2.32. The second kappa shape index (κ2) is 7.78. The van der Waals surface area contributed by atoms with Crippen molar-refractivity contribution in [1.29, 1.82) is 0 Å². The molecule has 0 saturated carbocycles. The largest absolute Gasteiger partial charge is 0.447 e. The first-order valence-electron chi connectivity index (χ1n) is 7.39. The average molecular weight is 403 g/mol. The van der Waals surface area contributed by atoms with Gasteiger partial charge >= 0.3 is 25.7 Å². The minimum atomic E-state index is -2.28. The van der Waals surface area contributed by atoms with Crippen molar-refractivity contribution < 1.29 is 20.6 Å². The molecule has 1 atom stereocenters. The highest BCUT2D eigenvalue weighted by Gasteiger charge is 2.43. The van der Waals surface area contributed by atoms with Gasteiger partial charge in [-0.2, -0.15) is 0 Å². The molecule has 0 saturated heterocycles. The van der Waals surface area contributed by atoms with Crippen molar-refractivity contribution in [3.63, 3.8) is 0 Å². The third-order valence-corrected chi connectivity index (χ3v) is 20.9. The van der Waals surface area contributed by atoms with E-state index in [1.165, 1.54) is 0 Å². The molecule has 0 spiro atoms. The van der Waals surface area contributed by atoms with Crippen LogP contribution in [0, 0.1) is 0 Å². The molecule has 11 heteroatoms. The van der Waals surface area contributed by atoms with Crippen LogP contribution in [0.15, 0.2) is 0 Å². The van der Waals surface area contributed by atoms with Crippen LogP contribution in [0.4, 0.5) is 0 Å². The van der Waals surface area contributed by atoms with E-state index in [4.69, 9.17) is 20.6 Å². The van der Waals surface area contributed by atoms with Crippen molar-refractivity contribution in [2.75, 3.05) is 0 Å². The summed E-state index contributed by atoms with van der Waals surface area (Å²) in [6, 6.07) is 0. The van der Waals surface area contributed by atoms with Gasteiger partial charge in [0.1, 0.15) is 10.5 Å². The van der Waals surface area contributed by atoms with E-state index in [1.54, 1.807) is 0 Å². The van der Waals surface area contributed by atoms with E-state index in [0.29, 0.717) is 0 Å². The molecule has 0 aliphatic heterocycles. The Balaban J connectivity index is 4.75. The highest BCUT2D eigenvalue weighted by molar-refractivity contribution is 6.89. The Hall–Kier alpha value is 1.10. The van der Waals surface area contributed by atoms with Gasteiger partial charge in [0.25, 0.3) is 9.28 Å². The Labute approximate surface area is 139 Å². The minimum absolute atomic E-state index is 0.722. The predicted molar refractivity (Wildman–Crippen MR) is 104 cm³/mol. The monoisotopic (exact) mass is 402 g/mol. The molecule has 0 N–H and O–H groups in total. The summed E-state index contributed by atoms with van der Waals surface area (Å²) >= 11 is 0. The Morgan fingerprint density at radius 1 is 0.667 bits per heavy atom. The summed E-state index contributed by atoms with van der Waals surface area (Å²) in [6.45, 7) is 21.2. The van der Waals surface area contributed by atoms with Crippen LogP contribution in [0.3, 0.4) is 0 Å². The summed E-state index contributed by atoms with van der Waals surface area (Å²) in [5.74, 6) is 0. The fourth-order valence-corrected chi connectivity index (χ4v) is 24.0. The highest BCUT2D eigenvalue weighted by Crippen LogP contribution is 2.24. The van der Waals surface area contributed by atoms with E-state index >= 15 is 0 Å². The van der Waals surface area contributed by atoms with Crippen LogP contribution in [-0.4, -0.2) is 53.8 Å². The molecule has 0 aromatic heterocycles. The molecule has 1 unspecified atom stereocenters. The summed E-state index contributed by atoms with van der Waals surface area (Å²) in [4.78, 5) is 0. The maximum Gasteiger partial charge on any atom is 0.314 e. The SMILES string of the molecule is C[SiH](O[SiH3])O[Si](C)(C)O[Si](C)(C)O[Si](C)(C)O[Si](C)(C)C. The summed E-state index contributed by atoms with van der Waals surface area (Å²) in [5, 5.41) is 0. The first-order chi connectivity index (χ1) is 9.08. The summed E-state index contributed by atoms with van der Waals surface area (Å²) in [5.41, 5.74) is 0. The van der Waals surface area contributed by atoms with Crippen molar-refractivity contribution >= 4 is 53.8 Å². The van der Waals surface area contributed by atoms with E-state index < -0.39 is 43.3 Å². The Bertz CT molecular complexity index is 330. The average Bonchev–Trinajstić information content (AvgIpc) is 2.07. The minimum Gasteiger partial charge on any atom is -0.447 e. The maximum absolute atomic E-state index is 6.36. The smallest absolute Gasteiger partial charge is 0.314 e. The molecule has 5 nitrogen and oxygen atoms in total. The Morgan fingerprint density at radius 3 is 1.43 bits per heavy atom. The quantitative estimate of drug-likeness (QED) is 0.553. The van der Waals surface area contributed by atoms with Crippen LogP contribution in [0.1, 0.15) is 0 Å². The second-order valence-electron chi connectivity index (χ2n) is 7.54.